The minimum atomic E-state index is 0.101. The second-order valence-corrected chi connectivity index (χ2v) is 5.17. The zero-order valence-electron chi connectivity index (χ0n) is 11.2. The van der Waals surface area contributed by atoms with Crippen molar-refractivity contribution in [3.63, 3.8) is 0 Å². The molecule has 0 saturated carbocycles. The maximum Gasteiger partial charge on any atom is 0.232 e. The third-order valence-corrected chi connectivity index (χ3v) is 4.00. The Kier molecular flexibility index (Phi) is 5.81. The number of rotatable bonds is 7. The maximum atomic E-state index is 5.86. The number of ether oxygens (including phenoxy) is 1. The molecule has 0 atom stereocenters. The number of nitrogens with two attached hydrogens (primary N) is 1. The molecule has 18 heavy (non-hydrogen) atoms. The van der Waals surface area contributed by atoms with E-state index in [1.165, 1.54) is 0 Å². The lowest BCUT2D eigenvalue weighted by Gasteiger charge is -2.30. The standard InChI is InChI=1S/C12H21BrN4O/c1-4-12(5-2,7-14)8-16-11-15-6-9(13)10(17-11)18-3/h6H,4-5,7-8,14H2,1-3H3,(H,15,16,17). The van der Waals surface area contributed by atoms with Crippen molar-refractivity contribution in [2.45, 2.75) is 26.7 Å². The topological polar surface area (TPSA) is 73.1 Å². The second-order valence-electron chi connectivity index (χ2n) is 4.32. The highest BCUT2D eigenvalue weighted by Crippen LogP contribution is 2.26. The van der Waals surface area contributed by atoms with Crippen molar-refractivity contribution in [2.24, 2.45) is 11.1 Å². The number of halogens is 1. The molecule has 3 N–H and O–H groups in total. The highest BCUT2D eigenvalue weighted by atomic mass is 79.9. The number of anilines is 1. The quantitative estimate of drug-likeness (QED) is 0.808. The van der Waals surface area contributed by atoms with Crippen LogP contribution in [0.15, 0.2) is 10.7 Å². The zero-order chi connectivity index (χ0) is 13.6. The van der Waals surface area contributed by atoms with E-state index in [1.807, 2.05) is 0 Å². The lowest BCUT2D eigenvalue weighted by atomic mass is 9.82. The van der Waals surface area contributed by atoms with E-state index in [0.717, 1.165) is 23.9 Å². The summed E-state index contributed by atoms with van der Waals surface area (Å²) in [7, 11) is 1.58. The van der Waals surface area contributed by atoms with E-state index < -0.39 is 0 Å². The fraction of sp³-hybridized carbons (Fsp3) is 0.667. The van der Waals surface area contributed by atoms with Crippen LogP contribution in [0, 0.1) is 5.41 Å². The first kappa shape index (κ1) is 15.2. The molecule has 0 radical (unpaired) electrons. The number of hydrogen-bond donors (Lipinski definition) is 2. The summed E-state index contributed by atoms with van der Waals surface area (Å²) >= 11 is 3.32. The van der Waals surface area contributed by atoms with E-state index in [-0.39, 0.29) is 5.41 Å². The van der Waals surface area contributed by atoms with E-state index in [4.69, 9.17) is 10.5 Å². The molecule has 0 aliphatic heterocycles. The summed E-state index contributed by atoms with van der Waals surface area (Å²) in [4.78, 5) is 8.47. The molecule has 5 nitrogen and oxygen atoms in total. The number of hydrogen-bond acceptors (Lipinski definition) is 5. The van der Waals surface area contributed by atoms with Crippen molar-refractivity contribution in [1.82, 2.24) is 9.97 Å². The largest absolute Gasteiger partial charge is 0.480 e. The van der Waals surface area contributed by atoms with Crippen LogP contribution in [-0.2, 0) is 0 Å². The van der Waals surface area contributed by atoms with E-state index in [9.17, 15) is 0 Å². The van der Waals surface area contributed by atoms with Crippen LogP contribution in [0.1, 0.15) is 26.7 Å². The van der Waals surface area contributed by atoms with E-state index in [2.05, 4.69) is 45.1 Å². The molecule has 1 rings (SSSR count). The van der Waals surface area contributed by atoms with Crippen LogP contribution in [0.2, 0.25) is 0 Å². The summed E-state index contributed by atoms with van der Waals surface area (Å²) < 4.78 is 5.88. The molecule has 102 valence electrons. The summed E-state index contributed by atoms with van der Waals surface area (Å²) in [6, 6.07) is 0. The highest BCUT2D eigenvalue weighted by Gasteiger charge is 2.24. The smallest absolute Gasteiger partial charge is 0.232 e. The molecular weight excluding hydrogens is 296 g/mol. The Morgan fingerprint density at radius 2 is 2.11 bits per heavy atom. The first-order valence-electron chi connectivity index (χ1n) is 6.11. The van der Waals surface area contributed by atoms with Crippen LogP contribution in [0.3, 0.4) is 0 Å². The van der Waals surface area contributed by atoms with Crippen molar-refractivity contribution in [3.05, 3.63) is 10.7 Å². The molecule has 0 aliphatic rings. The zero-order valence-corrected chi connectivity index (χ0v) is 12.7. The molecule has 0 spiro atoms. The molecule has 6 heteroatoms. The predicted molar refractivity (Wildman–Crippen MR) is 76.8 cm³/mol. The van der Waals surface area contributed by atoms with Gasteiger partial charge in [-0.2, -0.15) is 4.98 Å². The van der Waals surface area contributed by atoms with Gasteiger partial charge in [0.1, 0.15) is 0 Å². The van der Waals surface area contributed by atoms with Gasteiger partial charge in [-0.15, -0.1) is 0 Å². The third kappa shape index (κ3) is 3.55. The van der Waals surface area contributed by atoms with Gasteiger partial charge in [-0.1, -0.05) is 13.8 Å². The van der Waals surface area contributed by atoms with Crippen LogP contribution in [0.5, 0.6) is 5.88 Å². The van der Waals surface area contributed by atoms with Gasteiger partial charge in [0.05, 0.1) is 17.8 Å². The van der Waals surface area contributed by atoms with Crippen LogP contribution >= 0.6 is 15.9 Å². The van der Waals surface area contributed by atoms with E-state index >= 15 is 0 Å². The first-order valence-corrected chi connectivity index (χ1v) is 6.90. The van der Waals surface area contributed by atoms with Crippen LogP contribution in [0.25, 0.3) is 0 Å². The summed E-state index contributed by atoms with van der Waals surface area (Å²) in [5.41, 5.74) is 5.96. The molecule has 1 aromatic heterocycles. The van der Waals surface area contributed by atoms with Crippen molar-refractivity contribution in [1.29, 1.82) is 0 Å². The summed E-state index contributed by atoms with van der Waals surface area (Å²) in [6.07, 6.45) is 3.73. The van der Waals surface area contributed by atoms with Crippen LogP contribution in [-0.4, -0.2) is 30.2 Å². The van der Waals surface area contributed by atoms with Crippen LogP contribution < -0.4 is 15.8 Å². The normalized spacial score (nSPS) is 11.4. The van der Waals surface area contributed by atoms with Crippen molar-refractivity contribution in [3.8, 4) is 5.88 Å². The molecule has 0 fully saturated rings. The van der Waals surface area contributed by atoms with Gasteiger partial charge in [0.15, 0.2) is 0 Å². The molecule has 0 amide bonds. The summed E-state index contributed by atoms with van der Waals surface area (Å²) in [5.74, 6) is 1.09. The van der Waals surface area contributed by atoms with Crippen LogP contribution in [0.4, 0.5) is 5.95 Å². The Balaban J connectivity index is 2.73. The number of methoxy groups -OCH3 is 1. The highest BCUT2D eigenvalue weighted by molar-refractivity contribution is 9.10. The van der Waals surface area contributed by atoms with Crippen molar-refractivity contribution in [2.75, 3.05) is 25.5 Å². The fourth-order valence-corrected chi connectivity index (χ4v) is 2.06. The molecule has 0 saturated heterocycles. The maximum absolute atomic E-state index is 5.86. The van der Waals surface area contributed by atoms with Gasteiger partial charge < -0.3 is 15.8 Å². The fourth-order valence-electron chi connectivity index (χ4n) is 1.71. The van der Waals surface area contributed by atoms with Gasteiger partial charge in [-0.05, 0) is 40.7 Å². The SMILES string of the molecule is CCC(CC)(CN)CNc1ncc(Br)c(OC)n1. The van der Waals surface area contributed by atoms with Gasteiger partial charge >= 0.3 is 0 Å². The van der Waals surface area contributed by atoms with Gasteiger partial charge in [0.2, 0.25) is 11.8 Å². The Labute approximate surface area is 117 Å². The summed E-state index contributed by atoms with van der Waals surface area (Å²) in [5, 5.41) is 3.24. The number of aromatic nitrogens is 2. The monoisotopic (exact) mass is 316 g/mol. The minimum Gasteiger partial charge on any atom is -0.480 e. The van der Waals surface area contributed by atoms with Gasteiger partial charge in [0, 0.05) is 6.54 Å². The molecule has 0 aromatic carbocycles. The molecule has 0 aliphatic carbocycles. The Bertz CT molecular complexity index is 374. The lowest BCUT2D eigenvalue weighted by molar-refractivity contribution is 0.294. The average Bonchev–Trinajstić information content (AvgIpc) is 2.42. The molecule has 0 bridgehead atoms. The second kappa shape index (κ2) is 6.89. The van der Waals surface area contributed by atoms with E-state index in [1.54, 1.807) is 13.3 Å². The Morgan fingerprint density at radius 1 is 1.44 bits per heavy atom. The lowest BCUT2D eigenvalue weighted by Crippen LogP contribution is -2.36. The van der Waals surface area contributed by atoms with Crippen molar-refractivity contribution >= 4 is 21.9 Å². The van der Waals surface area contributed by atoms with Gasteiger partial charge in [-0.25, -0.2) is 4.98 Å². The molecule has 0 unspecified atom stereocenters. The van der Waals surface area contributed by atoms with Gasteiger partial charge in [-0.3, -0.25) is 0 Å². The number of nitrogens with one attached hydrogen (secondary N) is 1. The first-order chi connectivity index (χ1) is 8.60. The Hall–Kier alpha value is -0.880. The predicted octanol–water partition coefficient (Wildman–Crippen LogP) is 2.42. The molecule has 1 heterocycles. The summed E-state index contributed by atoms with van der Waals surface area (Å²) in [6.45, 7) is 5.73. The number of nitrogens with zero attached hydrogens (tertiary/aromatic N) is 2. The van der Waals surface area contributed by atoms with Gasteiger partial charge in [0.25, 0.3) is 0 Å². The van der Waals surface area contributed by atoms with E-state index in [0.29, 0.717) is 18.4 Å². The third-order valence-electron chi connectivity index (χ3n) is 3.46. The minimum absolute atomic E-state index is 0.101. The Morgan fingerprint density at radius 3 is 2.61 bits per heavy atom. The molecular formula is C12H21BrN4O. The van der Waals surface area contributed by atoms with Crippen molar-refractivity contribution < 1.29 is 4.74 Å². The molecule has 1 aromatic rings. The average molecular weight is 317 g/mol.